The maximum absolute atomic E-state index is 13.0. The van der Waals surface area contributed by atoms with Gasteiger partial charge in [0.25, 0.3) is 5.91 Å². The van der Waals surface area contributed by atoms with Gasteiger partial charge in [0.2, 0.25) is 12.1 Å². The fraction of sp³-hybridized carbons (Fsp3) is 0.190. The van der Waals surface area contributed by atoms with Crippen molar-refractivity contribution in [2.24, 2.45) is 5.10 Å². The smallest absolute Gasteiger partial charge is 0.276 e. The Labute approximate surface area is 194 Å². The molecule has 9 nitrogen and oxygen atoms in total. The van der Waals surface area contributed by atoms with E-state index in [1.165, 1.54) is 23.8 Å². The highest BCUT2D eigenvalue weighted by Gasteiger charge is 2.38. The van der Waals surface area contributed by atoms with Crippen LogP contribution in [0.1, 0.15) is 0 Å². The first kappa shape index (κ1) is 21.8. The summed E-state index contributed by atoms with van der Waals surface area (Å²) in [6.07, 6.45) is 2.72. The molecular weight excluding hydrogens is 454 g/mol. The van der Waals surface area contributed by atoms with Crippen LogP contribution in [0.15, 0.2) is 60.0 Å². The number of fused-ring (bicyclic) bond motifs is 1. The van der Waals surface area contributed by atoms with Gasteiger partial charge in [-0.25, -0.2) is 0 Å². The molecule has 1 unspecified atom stereocenters. The number of hydrazone groups is 1. The average molecular weight is 474 g/mol. The van der Waals surface area contributed by atoms with E-state index < -0.39 is 6.17 Å². The molecule has 2 amide bonds. The number of rotatable bonds is 6. The van der Waals surface area contributed by atoms with Gasteiger partial charge >= 0.3 is 0 Å². The van der Waals surface area contributed by atoms with Crippen molar-refractivity contribution in [2.75, 3.05) is 30.2 Å². The van der Waals surface area contributed by atoms with E-state index in [1.54, 1.807) is 48.7 Å². The van der Waals surface area contributed by atoms with Crippen LogP contribution in [0.5, 0.6) is 11.5 Å². The van der Waals surface area contributed by atoms with E-state index in [-0.39, 0.29) is 17.6 Å². The molecule has 32 heavy (non-hydrogen) atoms. The molecule has 0 aromatic heterocycles. The first-order valence-electron chi connectivity index (χ1n) is 9.53. The van der Waals surface area contributed by atoms with E-state index in [2.05, 4.69) is 15.8 Å². The van der Waals surface area contributed by atoms with Crippen molar-refractivity contribution in [3.05, 3.63) is 59.9 Å². The number of amidine groups is 1. The number of carbonyl (C=O) groups excluding carboxylic acids is 2. The number of ether oxygens (including phenoxy) is 2. The molecule has 2 aromatic carbocycles. The number of nitrogens with zero attached hydrogens (tertiary/aromatic N) is 3. The van der Waals surface area contributed by atoms with Crippen LogP contribution in [0, 0.1) is 0 Å². The van der Waals surface area contributed by atoms with Gasteiger partial charge in [0.1, 0.15) is 11.5 Å². The predicted octanol–water partition coefficient (Wildman–Crippen LogP) is 3.05. The average Bonchev–Trinajstić information content (AvgIpc) is 3.22. The minimum absolute atomic E-state index is 0.0844. The summed E-state index contributed by atoms with van der Waals surface area (Å²) in [7, 11) is 3.09. The molecular formula is C21H20ClN5O4S. The zero-order valence-corrected chi connectivity index (χ0v) is 18.8. The lowest BCUT2D eigenvalue weighted by Gasteiger charge is -2.32. The van der Waals surface area contributed by atoms with Gasteiger partial charge in [0, 0.05) is 23.5 Å². The third-order valence-electron chi connectivity index (χ3n) is 4.73. The van der Waals surface area contributed by atoms with E-state index in [0.717, 1.165) is 0 Å². The maximum atomic E-state index is 13.0. The van der Waals surface area contributed by atoms with Crippen molar-refractivity contribution in [3.63, 3.8) is 0 Å². The van der Waals surface area contributed by atoms with Crippen LogP contribution in [-0.4, -0.2) is 48.0 Å². The minimum Gasteiger partial charge on any atom is -0.497 e. The van der Waals surface area contributed by atoms with Crippen LogP contribution in [0.25, 0.3) is 0 Å². The third-order valence-corrected chi connectivity index (χ3v) is 5.93. The Balaban J connectivity index is 1.39. The van der Waals surface area contributed by atoms with Crippen molar-refractivity contribution >= 4 is 51.7 Å². The van der Waals surface area contributed by atoms with Gasteiger partial charge in [-0.1, -0.05) is 29.4 Å². The monoisotopic (exact) mass is 473 g/mol. The minimum atomic E-state index is -0.690. The predicted molar refractivity (Wildman–Crippen MR) is 125 cm³/mol. The highest BCUT2D eigenvalue weighted by atomic mass is 35.5. The van der Waals surface area contributed by atoms with Gasteiger partial charge in [-0.2, -0.15) is 5.10 Å². The van der Waals surface area contributed by atoms with E-state index in [9.17, 15) is 9.59 Å². The number of hydrogen-bond donors (Lipinski definition) is 2. The molecule has 2 N–H and O–H groups in total. The summed E-state index contributed by atoms with van der Waals surface area (Å²) >= 11 is 7.21. The second kappa shape index (κ2) is 9.41. The summed E-state index contributed by atoms with van der Waals surface area (Å²) in [6, 6.07) is 12.2. The standard InChI is InChI=1S/C21H20ClN5O4S/c1-30-15-5-3-4-14(11-15)26-8-9-27-19(20(26)29)24-25-21(27)32-12-18(28)23-16-10-13(22)6-7-17(16)31-2/h3-11,19,24H,12H2,1-2H3,(H,23,28). The fourth-order valence-electron chi connectivity index (χ4n) is 3.19. The van der Waals surface area contributed by atoms with Crippen LogP contribution in [0.2, 0.25) is 5.02 Å². The third kappa shape index (κ3) is 4.46. The van der Waals surface area contributed by atoms with Gasteiger partial charge in [-0.05, 0) is 30.3 Å². The Bertz CT molecular complexity index is 1110. The molecule has 2 heterocycles. The number of anilines is 2. The van der Waals surface area contributed by atoms with Crippen LogP contribution < -0.4 is 25.1 Å². The zero-order valence-electron chi connectivity index (χ0n) is 17.2. The SMILES string of the molecule is COc1cccc(N2C=CN3C(SCC(=O)Nc4cc(Cl)ccc4OC)=NNC3C2=O)c1. The van der Waals surface area contributed by atoms with E-state index in [0.29, 0.717) is 33.1 Å². The Morgan fingerprint density at radius 3 is 2.84 bits per heavy atom. The second-order valence-electron chi connectivity index (χ2n) is 6.72. The topological polar surface area (TPSA) is 95.5 Å². The lowest BCUT2D eigenvalue weighted by atomic mass is 10.2. The van der Waals surface area contributed by atoms with Gasteiger partial charge in [0.05, 0.1) is 31.3 Å². The van der Waals surface area contributed by atoms with E-state index in [4.69, 9.17) is 21.1 Å². The number of benzene rings is 2. The summed E-state index contributed by atoms with van der Waals surface area (Å²) < 4.78 is 10.5. The Hall–Kier alpha value is -3.37. The molecule has 11 heteroatoms. The Kier molecular flexibility index (Phi) is 6.42. The Morgan fingerprint density at radius 1 is 1.22 bits per heavy atom. The van der Waals surface area contributed by atoms with Crippen LogP contribution in [0.3, 0.4) is 0 Å². The molecule has 0 aliphatic carbocycles. The summed E-state index contributed by atoms with van der Waals surface area (Å²) in [5, 5.41) is 8.00. The second-order valence-corrected chi connectivity index (χ2v) is 8.10. The molecule has 2 aliphatic heterocycles. The number of methoxy groups -OCH3 is 2. The molecule has 4 rings (SSSR count). The lowest BCUT2D eigenvalue weighted by Crippen LogP contribution is -2.52. The number of nitrogens with one attached hydrogen (secondary N) is 2. The Morgan fingerprint density at radius 2 is 2.06 bits per heavy atom. The lowest BCUT2D eigenvalue weighted by molar-refractivity contribution is -0.122. The largest absolute Gasteiger partial charge is 0.497 e. The molecule has 0 saturated carbocycles. The summed E-state index contributed by atoms with van der Waals surface area (Å²) in [5.74, 6) is 0.789. The van der Waals surface area contributed by atoms with Crippen molar-refractivity contribution < 1.29 is 19.1 Å². The number of amides is 2. The number of halogens is 1. The van der Waals surface area contributed by atoms with Crippen LogP contribution in [0.4, 0.5) is 11.4 Å². The normalized spacial score (nSPS) is 16.9. The fourth-order valence-corrected chi connectivity index (χ4v) is 4.13. The molecule has 0 bridgehead atoms. The summed E-state index contributed by atoms with van der Waals surface area (Å²) in [6.45, 7) is 0. The van der Waals surface area contributed by atoms with Crippen LogP contribution >= 0.6 is 23.4 Å². The molecule has 0 saturated heterocycles. The molecule has 0 fully saturated rings. The highest BCUT2D eigenvalue weighted by Crippen LogP contribution is 2.29. The van der Waals surface area contributed by atoms with Crippen molar-refractivity contribution in [1.82, 2.24) is 10.3 Å². The van der Waals surface area contributed by atoms with Gasteiger partial charge < -0.3 is 14.8 Å². The number of thioether (sulfide) groups is 1. The van der Waals surface area contributed by atoms with Gasteiger partial charge in [0.15, 0.2) is 5.17 Å². The number of hydrogen-bond acceptors (Lipinski definition) is 8. The molecule has 2 aromatic rings. The van der Waals surface area contributed by atoms with Crippen molar-refractivity contribution in [3.8, 4) is 11.5 Å². The molecule has 166 valence electrons. The van der Waals surface area contributed by atoms with Gasteiger partial charge in [-0.15, -0.1) is 0 Å². The van der Waals surface area contributed by atoms with Crippen molar-refractivity contribution in [1.29, 1.82) is 0 Å². The molecule has 2 aliphatic rings. The first-order chi connectivity index (χ1) is 15.5. The maximum Gasteiger partial charge on any atom is 0.276 e. The molecule has 0 spiro atoms. The highest BCUT2D eigenvalue weighted by molar-refractivity contribution is 8.14. The van der Waals surface area contributed by atoms with E-state index in [1.807, 2.05) is 18.2 Å². The van der Waals surface area contributed by atoms with Crippen molar-refractivity contribution in [2.45, 2.75) is 6.17 Å². The molecule has 0 radical (unpaired) electrons. The number of carbonyl (C=O) groups is 2. The van der Waals surface area contributed by atoms with E-state index >= 15 is 0 Å². The summed E-state index contributed by atoms with van der Waals surface area (Å²) in [4.78, 5) is 28.6. The summed E-state index contributed by atoms with van der Waals surface area (Å²) in [5.41, 5.74) is 4.00. The zero-order chi connectivity index (χ0) is 22.7. The molecule has 1 atom stereocenters. The quantitative estimate of drug-likeness (QED) is 0.665. The van der Waals surface area contributed by atoms with Gasteiger partial charge in [-0.3, -0.25) is 24.8 Å². The first-order valence-corrected chi connectivity index (χ1v) is 10.9. The van der Waals surface area contributed by atoms with Crippen LogP contribution in [-0.2, 0) is 9.59 Å².